The van der Waals surface area contributed by atoms with Gasteiger partial charge in [0.15, 0.2) is 0 Å². The van der Waals surface area contributed by atoms with Crippen molar-refractivity contribution in [3.05, 3.63) is 76.8 Å². The van der Waals surface area contributed by atoms with Gasteiger partial charge in [0.05, 0.1) is 5.52 Å². The van der Waals surface area contributed by atoms with Crippen LogP contribution in [-0.4, -0.2) is 37.8 Å². The van der Waals surface area contributed by atoms with Crippen LogP contribution in [0.1, 0.15) is 12.0 Å². The predicted molar refractivity (Wildman–Crippen MR) is 117 cm³/mol. The van der Waals surface area contributed by atoms with E-state index in [9.17, 15) is 8.42 Å². The minimum atomic E-state index is -3.44. The molecule has 1 N–H and O–H groups in total. The summed E-state index contributed by atoms with van der Waals surface area (Å²) < 4.78 is 26.1. The van der Waals surface area contributed by atoms with Gasteiger partial charge >= 0.3 is 0 Å². The molecule has 28 heavy (non-hydrogen) atoms. The van der Waals surface area contributed by atoms with Gasteiger partial charge < -0.3 is 5.32 Å². The fraction of sp³-hybridized carbons (Fsp3) is 0.190. The highest BCUT2D eigenvalue weighted by molar-refractivity contribution is 7.92. The number of hydrogen-bond donors (Lipinski definition) is 1. The fourth-order valence-corrected chi connectivity index (χ4v) is 3.85. The zero-order valence-corrected chi connectivity index (χ0v) is 17.1. The third-order valence-corrected chi connectivity index (χ3v) is 6.10. The second kappa shape index (κ2) is 9.19. The number of nitrogens with zero attached hydrogens (tertiary/aromatic N) is 2. The van der Waals surface area contributed by atoms with Crippen LogP contribution in [0.2, 0.25) is 5.02 Å². The molecule has 0 aliphatic heterocycles. The number of pyridine rings is 1. The zero-order valence-electron chi connectivity index (χ0n) is 15.5. The number of fused-ring (bicyclic) bond motifs is 1. The summed E-state index contributed by atoms with van der Waals surface area (Å²) in [6.45, 7) is 1.06. The Morgan fingerprint density at radius 1 is 1.14 bits per heavy atom. The summed E-state index contributed by atoms with van der Waals surface area (Å²) in [5.41, 5.74) is 2.63. The molecule has 2 aromatic carbocycles. The standard InChI is InChI=1S/C21H22ClN3O2S/c1-25(28(26,27)15-11-17-6-3-2-4-7-17)14-5-12-23-20-10-13-24-21-16-18(22)8-9-19(20)21/h2-4,6-11,13,15-16H,5,12,14H2,1H3,(H,23,24)/b15-11+. The van der Waals surface area contributed by atoms with Crippen LogP contribution in [0.15, 0.2) is 66.2 Å². The molecule has 0 amide bonds. The summed E-state index contributed by atoms with van der Waals surface area (Å²) in [5, 5.41) is 6.23. The van der Waals surface area contributed by atoms with Crippen molar-refractivity contribution in [2.24, 2.45) is 0 Å². The third kappa shape index (κ3) is 5.32. The molecule has 3 rings (SSSR count). The molecular weight excluding hydrogens is 394 g/mol. The second-order valence-corrected chi connectivity index (χ2v) is 8.74. The zero-order chi connectivity index (χ0) is 20.0. The number of anilines is 1. The van der Waals surface area contributed by atoms with Gasteiger partial charge in [-0.15, -0.1) is 0 Å². The number of rotatable bonds is 8. The van der Waals surface area contributed by atoms with E-state index in [1.165, 1.54) is 9.71 Å². The van der Waals surface area contributed by atoms with Crippen molar-refractivity contribution in [3.63, 3.8) is 0 Å². The Bertz CT molecular complexity index is 1070. The monoisotopic (exact) mass is 415 g/mol. The maximum absolute atomic E-state index is 12.4. The molecule has 0 spiro atoms. The quantitative estimate of drug-likeness (QED) is 0.545. The average molecular weight is 416 g/mol. The van der Waals surface area contributed by atoms with Gasteiger partial charge in [-0.05, 0) is 42.3 Å². The smallest absolute Gasteiger partial charge is 0.235 e. The van der Waals surface area contributed by atoms with E-state index in [2.05, 4.69) is 10.3 Å². The minimum absolute atomic E-state index is 0.420. The number of hydrogen-bond acceptors (Lipinski definition) is 4. The van der Waals surface area contributed by atoms with Gasteiger partial charge in [0, 0.05) is 47.8 Å². The Kier molecular flexibility index (Phi) is 6.67. The molecule has 0 radical (unpaired) electrons. The van der Waals surface area contributed by atoms with Gasteiger partial charge in [0.2, 0.25) is 10.0 Å². The molecule has 0 fully saturated rings. The van der Waals surface area contributed by atoms with Crippen LogP contribution >= 0.6 is 11.6 Å². The largest absolute Gasteiger partial charge is 0.384 e. The van der Waals surface area contributed by atoms with Crippen LogP contribution in [0, 0.1) is 0 Å². The molecule has 3 aromatic rings. The normalized spacial score (nSPS) is 12.1. The van der Waals surface area contributed by atoms with Crippen molar-refractivity contribution in [3.8, 4) is 0 Å². The maximum atomic E-state index is 12.4. The number of nitrogens with one attached hydrogen (secondary N) is 1. The van der Waals surface area contributed by atoms with Gasteiger partial charge in [-0.25, -0.2) is 12.7 Å². The van der Waals surface area contributed by atoms with Crippen molar-refractivity contribution in [2.45, 2.75) is 6.42 Å². The second-order valence-electron chi connectivity index (χ2n) is 6.38. The molecule has 7 heteroatoms. The molecule has 0 aliphatic rings. The first-order chi connectivity index (χ1) is 13.5. The van der Waals surface area contributed by atoms with Gasteiger partial charge in [-0.3, -0.25) is 4.98 Å². The highest BCUT2D eigenvalue weighted by Gasteiger charge is 2.13. The highest BCUT2D eigenvalue weighted by atomic mass is 35.5. The lowest BCUT2D eigenvalue weighted by Gasteiger charge is -2.15. The number of aromatic nitrogens is 1. The van der Waals surface area contributed by atoms with Crippen molar-refractivity contribution < 1.29 is 8.42 Å². The van der Waals surface area contributed by atoms with Gasteiger partial charge in [-0.2, -0.15) is 0 Å². The fourth-order valence-electron chi connectivity index (χ4n) is 2.76. The van der Waals surface area contributed by atoms with E-state index in [1.807, 2.05) is 54.6 Å². The van der Waals surface area contributed by atoms with E-state index < -0.39 is 10.0 Å². The Morgan fingerprint density at radius 3 is 2.71 bits per heavy atom. The molecule has 0 bridgehead atoms. The van der Waals surface area contributed by atoms with E-state index in [0.29, 0.717) is 24.5 Å². The molecule has 0 aliphatic carbocycles. The number of sulfonamides is 1. The van der Waals surface area contributed by atoms with E-state index in [0.717, 1.165) is 22.2 Å². The van der Waals surface area contributed by atoms with Crippen LogP contribution in [-0.2, 0) is 10.0 Å². The summed E-state index contributed by atoms with van der Waals surface area (Å²) in [6, 6.07) is 16.8. The van der Waals surface area contributed by atoms with Crippen LogP contribution in [0.4, 0.5) is 5.69 Å². The topological polar surface area (TPSA) is 62.3 Å². The molecule has 5 nitrogen and oxygen atoms in total. The van der Waals surface area contributed by atoms with Crippen LogP contribution in [0.5, 0.6) is 0 Å². The van der Waals surface area contributed by atoms with Crippen molar-refractivity contribution in [1.82, 2.24) is 9.29 Å². The van der Waals surface area contributed by atoms with Crippen LogP contribution in [0.25, 0.3) is 17.0 Å². The molecule has 1 aromatic heterocycles. The first kappa shape index (κ1) is 20.3. The van der Waals surface area contributed by atoms with Crippen LogP contribution < -0.4 is 5.32 Å². The van der Waals surface area contributed by atoms with Crippen molar-refractivity contribution in [1.29, 1.82) is 0 Å². The summed E-state index contributed by atoms with van der Waals surface area (Å²) >= 11 is 6.01. The Balaban J connectivity index is 1.54. The molecule has 0 saturated carbocycles. The number of benzene rings is 2. The van der Waals surface area contributed by atoms with Gasteiger partial charge in [0.1, 0.15) is 0 Å². The summed E-state index contributed by atoms with van der Waals surface area (Å²) in [4.78, 5) is 4.32. The maximum Gasteiger partial charge on any atom is 0.235 e. The van der Waals surface area contributed by atoms with E-state index >= 15 is 0 Å². The van der Waals surface area contributed by atoms with Gasteiger partial charge in [-0.1, -0.05) is 41.9 Å². The predicted octanol–water partition coefficient (Wildman–Crippen LogP) is 4.62. The summed E-state index contributed by atoms with van der Waals surface area (Å²) in [5.74, 6) is 0. The van der Waals surface area contributed by atoms with Crippen molar-refractivity contribution >= 4 is 44.3 Å². The van der Waals surface area contributed by atoms with Crippen molar-refractivity contribution in [2.75, 3.05) is 25.5 Å². The Hall–Kier alpha value is -2.41. The van der Waals surface area contributed by atoms with Crippen LogP contribution in [0.3, 0.4) is 0 Å². The lowest BCUT2D eigenvalue weighted by Crippen LogP contribution is -2.27. The highest BCUT2D eigenvalue weighted by Crippen LogP contribution is 2.24. The average Bonchev–Trinajstić information content (AvgIpc) is 2.70. The molecule has 0 saturated heterocycles. The lowest BCUT2D eigenvalue weighted by atomic mass is 10.2. The molecule has 146 valence electrons. The first-order valence-corrected chi connectivity index (χ1v) is 10.8. The summed E-state index contributed by atoms with van der Waals surface area (Å²) in [7, 11) is -1.85. The molecule has 1 heterocycles. The molecule has 0 unspecified atom stereocenters. The van der Waals surface area contributed by atoms with E-state index in [4.69, 9.17) is 11.6 Å². The Morgan fingerprint density at radius 2 is 1.93 bits per heavy atom. The minimum Gasteiger partial charge on any atom is -0.384 e. The lowest BCUT2D eigenvalue weighted by molar-refractivity contribution is 0.473. The third-order valence-electron chi connectivity index (χ3n) is 4.34. The summed E-state index contributed by atoms with van der Waals surface area (Å²) in [6.07, 6.45) is 4.01. The number of halogens is 1. The SMILES string of the molecule is CN(CCCNc1ccnc2cc(Cl)ccc12)S(=O)(=O)/C=C/c1ccccc1. The molecular formula is C21H22ClN3O2S. The van der Waals surface area contributed by atoms with E-state index in [1.54, 1.807) is 19.3 Å². The first-order valence-electron chi connectivity index (χ1n) is 8.93. The molecule has 0 atom stereocenters. The van der Waals surface area contributed by atoms with E-state index in [-0.39, 0.29) is 0 Å². The van der Waals surface area contributed by atoms with Gasteiger partial charge in [0.25, 0.3) is 0 Å². The Labute approximate surface area is 170 Å².